The number of nitrogen functional groups attached to an aromatic ring is 12. The second kappa shape index (κ2) is 30.8. The van der Waals surface area contributed by atoms with E-state index >= 15 is 0 Å². The van der Waals surface area contributed by atoms with Crippen molar-refractivity contribution < 1.29 is 8.42 Å². The van der Waals surface area contributed by atoms with Crippen molar-refractivity contribution in [3.8, 4) is 68.3 Å². The Morgan fingerprint density at radius 3 is 0.455 bits per heavy atom. The van der Waals surface area contributed by atoms with Gasteiger partial charge in [0.25, 0.3) is 0 Å². The van der Waals surface area contributed by atoms with Gasteiger partial charge in [-0.25, -0.2) is 0 Å². The lowest BCUT2D eigenvalue weighted by atomic mass is 10.0. The fourth-order valence-corrected chi connectivity index (χ4v) is 9.83. The highest BCUT2D eigenvalue weighted by atomic mass is 35.5. The van der Waals surface area contributed by atoms with E-state index < -0.39 is 21.6 Å². The molecular formula is C59H56Cl2N36O2S2. The number of pyridine rings is 6. The van der Waals surface area contributed by atoms with Crippen molar-refractivity contribution in [2.45, 2.75) is 0 Å². The molecular weight excluding hydrogens is 1380 g/mol. The van der Waals surface area contributed by atoms with E-state index in [1.165, 1.54) is 0 Å². The molecule has 0 aliphatic heterocycles. The summed E-state index contributed by atoms with van der Waals surface area (Å²) < 4.78 is 19.1. The maximum absolute atomic E-state index is 9.56. The van der Waals surface area contributed by atoms with E-state index in [9.17, 15) is 8.42 Å². The number of nitrogens with two attached hydrogens (primary N) is 12. The van der Waals surface area contributed by atoms with Gasteiger partial charge in [0.2, 0.25) is 71.4 Å². The van der Waals surface area contributed by atoms with E-state index in [2.05, 4.69) is 120 Å². The lowest BCUT2D eigenvalue weighted by molar-refractivity contribution is 0.689. The molecule has 0 radical (unpaired) electrons. The summed E-state index contributed by atoms with van der Waals surface area (Å²) in [7, 11) is -1.22. The van der Waals surface area contributed by atoms with Crippen molar-refractivity contribution in [1.29, 1.82) is 0 Å². The van der Waals surface area contributed by atoms with E-state index in [0.29, 0.717) is 101 Å². The van der Waals surface area contributed by atoms with Crippen LogP contribution in [0.3, 0.4) is 0 Å². The summed E-state index contributed by atoms with van der Waals surface area (Å²) in [6.45, 7) is 0. The molecule has 42 heteroatoms. The van der Waals surface area contributed by atoms with Crippen LogP contribution in [0.2, 0.25) is 0 Å². The standard InChI is InChI=1S/3C18H14N12.2C2H6OS.CH2Cl2/c3*19-15-25-13(26-16(20)29-15)9-3-5-23-11-7(9)1-2-8-10(4-6-24-12(8)11)14-27-17(21)30-18(22)28-14;2*1-4(2)3;2-1-3/h3*1-6H,(H4,19,20,25,26,29)(H4,21,22,27,28,30);2*1-2H3;1H2. The average Bonchev–Trinajstić information content (AvgIpc) is 0.768. The van der Waals surface area contributed by atoms with Crippen molar-refractivity contribution in [2.75, 3.05) is 99.2 Å². The molecule has 101 heavy (non-hydrogen) atoms. The monoisotopic (exact) mass is 1430 g/mol. The van der Waals surface area contributed by atoms with Crippen LogP contribution in [0.4, 0.5) is 71.4 Å². The Hall–Kier alpha value is -13.3. The van der Waals surface area contributed by atoms with Gasteiger partial charge in [-0.3, -0.25) is 38.3 Å². The molecule has 38 nitrogen and oxygen atoms in total. The molecule has 0 aliphatic rings. The Labute approximate surface area is 584 Å². The van der Waals surface area contributed by atoms with Gasteiger partial charge in [0.15, 0.2) is 34.9 Å². The van der Waals surface area contributed by atoms with Crippen molar-refractivity contribution in [3.63, 3.8) is 0 Å². The molecule has 24 N–H and O–H groups in total. The normalized spacial score (nSPS) is 10.9. The predicted octanol–water partition coefficient (Wildman–Crippen LogP) is 3.86. The summed E-state index contributed by atoms with van der Waals surface area (Å²) in [6, 6.07) is 22.0. The van der Waals surface area contributed by atoms with Gasteiger partial charge in [-0.2, -0.15) is 89.7 Å². The van der Waals surface area contributed by atoms with Crippen LogP contribution in [0.25, 0.3) is 134 Å². The largest absolute Gasteiger partial charge is 0.368 e. The van der Waals surface area contributed by atoms with E-state index in [1.54, 1.807) is 98.6 Å². The molecule has 0 saturated heterocycles. The zero-order valence-electron chi connectivity index (χ0n) is 53.1. The smallest absolute Gasteiger partial charge is 0.225 e. The number of fused-ring (bicyclic) bond motifs is 9. The van der Waals surface area contributed by atoms with Crippen LogP contribution in [0, 0.1) is 0 Å². The van der Waals surface area contributed by atoms with E-state index in [0.717, 1.165) is 32.3 Å². The van der Waals surface area contributed by atoms with Crippen LogP contribution in [-0.2, 0) is 21.6 Å². The number of rotatable bonds is 6. The molecule has 0 bridgehead atoms. The number of benzene rings is 3. The predicted molar refractivity (Wildman–Crippen MR) is 394 cm³/mol. The molecule has 0 amide bonds. The van der Waals surface area contributed by atoms with Gasteiger partial charge in [-0.05, 0) is 36.4 Å². The first-order valence-corrected chi connectivity index (χ1v) is 33.6. The fourth-order valence-electron chi connectivity index (χ4n) is 9.83. The number of nitrogens with zero attached hydrogens (tertiary/aromatic N) is 24. The molecule has 12 aromatic heterocycles. The van der Waals surface area contributed by atoms with Gasteiger partial charge in [-0.15, -0.1) is 23.2 Å². The fraction of sp³-hybridized carbons (Fsp3) is 0.0847. The molecule has 15 aromatic rings. The van der Waals surface area contributed by atoms with Crippen molar-refractivity contribution in [1.82, 2.24) is 120 Å². The third-order valence-corrected chi connectivity index (χ3v) is 13.3. The Balaban J connectivity index is 0.000000152. The molecule has 0 atom stereocenters. The summed E-state index contributed by atoms with van der Waals surface area (Å²) in [6.07, 6.45) is 16.4. The number of hydrogen-bond donors (Lipinski definition) is 12. The number of halogens is 2. The topological polar surface area (TPSA) is 656 Å². The van der Waals surface area contributed by atoms with Crippen LogP contribution >= 0.6 is 23.2 Å². The molecule has 0 spiro atoms. The van der Waals surface area contributed by atoms with Gasteiger partial charge in [0.05, 0.1) is 38.4 Å². The van der Waals surface area contributed by atoms with Crippen molar-refractivity contribution in [3.05, 3.63) is 110 Å². The molecule has 0 aliphatic carbocycles. The summed E-state index contributed by atoms with van der Waals surface area (Å²) in [4.78, 5) is 100. The van der Waals surface area contributed by atoms with E-state index in [-0.39, 0.29) is 76.7 Å². The second-order valence-electron chi connectivity index (χ2n) is 20.6. The van der Waals surface area contributed by atoms with E-state index in [1.807, 2.05) is 36.4 Å². The van der Waals surface area contributed by atoms with Gasteiger partial charge in [0.1, 0.15) is 0 Å². The van der Waals surface area contributed by atoms with Gasteiger partial charge in [0, 0.05) is 150 Å². The minimum absolute atomic E-state index is 0.0358. The molecule has 15 rings (SSSR count). The van der Waals surface area contributed by atoms with E-state index in [4.69, 9.17) is 92.0 Å². The molecule has 0 saturated carbocycles. The van der Waals surface area contributed by atoms with Gasteiger partial charge < -0.3 is 68.8 Å². The maximum atomic E-state index is 9.56. The number of alkyl halides is 2. The first-order valence-electron chi connectivity index (χ1n) is 28.6. The molecule has 12 heterocycles. The first-order chi connectivity index (χ1) is 48.4. The second-order valence-corrected chi connectivity index (χ2v) is 24.3. The highest BCUT2D eigenvalue weighted by molar-refractivity contribution is 7.83. The zero-order chi connectivity index (χ0) is 72.3. The van der Waals surface area contributed by atoms with Crippen LogP contribution in [0.5, 0.6) is 0 Å². The third kappa shape index (κ3) is 16.6. The lowest BCUT2D eigenvalue weighted by Gasteiger charge is -2.10. The van der Waals surface area contributed by atoms with Crippen molar-refractivity contribution >= 4 is 182 Å². The minimum atomic E-state index is -0.611. The average molecular weight is 1440 g/mol. The summed E-state index contributed by atoms with van der Waals surface area (Å²) in [5.41, 5.74) is 76.8. The lowest BCUT2D eigenvalue weighted by Crippen LogP contribution is -2.05. The number of hydrogen-bond acceptors (Lipinski definition) is 38. The highest BCUT2D eigenvalue weighted by Gasteiger charge is 2.20. The van der Waals surface area contributed by atoms with Gasteiger partial charge in [-0.1, -0.05) is 36.4 Å². The van der Waals surface area contributed by atoms with Crippen LogP contribution in [0.1, 0.15) is 0 Å². The number of anilines is 12. The van der Waals surface area contributed by atoms with Crippen LogP contribution in [0.15, 0.2) is 110 Å². The summed E-state index contributed by atoms with van der Waals surface area (Å²) in [5, 5.41) is 4.83. The summed E-state index contributed by atoms with van der Waals surface area (Å²) >= 11 is 9.53. The Morgan fingerprint density at radius 2 is 0.347 bits per heavy atom. The highest BCUT2D eigenvalue weighted by Crippen LogP contribution is 2.37. The molecule has 0 fully saturated rings. The molecule has 510 valence electrons. The van der Waals surface area contributed by atoms with Crippen LogP contribution in [-0.4, -0.2) is 158 Å². The quantitative estimate of drug-likeness (QED) is 0.0830. The molecule has 0 unspecified atom stereocenters. The number of aromatic nitrogens is 24. The Kier molecular flexibility index (Phi) is 21.5. The van der Waals surface area contributed by atoms with Gasteiger partial charge >= 0.3 is 0 Å². The van der Waals surface area contributed by atoms with Crippen LogP contribution < -0.4 is 68.8 Å². The maximum Gasteiger partial charge on any atom is 0.225 e. The zero-order valence-corrected chi connectivity index (χ0v) is 56.3. The Bertz CT molecular complexity index is 4700. The van der Waals surface area contributed by atoms with Crippen molar-refractivity contribution in [2.24, 2.45) is 0 Å². The third-order valence-electron chi connectivity index (χ3n) is 13.3. The first kappa shape index (κ1) is 70.5. The molecule has 3 aromatic carbocycles. The minimum Gasteiger partial charge on any atom is -0.368 e. The Morgan fingerprint density at radius 1 is 0.238 bits per heavy atom. The summed E-state index contributed by atoms with van der Waals surface area (Å²) in [5.74, 6) is 2.52. The SMILES string of the molecule is CS(C)=O.CS(C)=O.ClCCl.Nc1nc(N)nc(-c2ccnc3c2ccc2c(-c4nc(N)nc(N)n4)ccnc23)n1.Nc1nc(N)nc(-c2ccnc3c2ccc2c(-c4nc(N)nc(N)n4)ccnc23)n1.Nc1nc(N)nc(-c2ccnc3c2ccc2c(-c4nc(N)nc(N)n4)ccnc23)n1.